The van der Waals surface area contributed by atoms with Gasteiger partial charge in [0.2, 0.25) is 0 Å². The Balaban J connectivity index is 2.31. The number of anilines is 1. The maximum atomic E-state index is 13.1. The first-order chi connectivity index (χ1) is 10.4. The van der Waals surface area contributed by atoms with E-state index in [9.17, 15) is 13.6 Å². The smallest absolute Gasteiger partial charge is 0.255 e. The highest BCUT2D eigenvalue weighted by Crippen LogP contribution is 2.36. The normalized spacial score (nSPS) is 10.2. The zero-order valence-electron chi connectivity index (χ0n) is 11.7. The zero-order chi connectivity index (χ0) is 16.3. The molecule has 22 heavy (non-hydrogen) atoms. The number of hydrogen-bond acceptors (Lipinski definition) is 3. The number of carbonyl (C=O) groups is 1. The molecule has 2 rings (SSSR count). The topological polar surface area (TPSA) is 47.6 Å². The minimum Gasteiger partial charge on any atom is -0.493 e. The summed E-state index contributed by atoms with van der Waals surface area (Å²) < 4.78 is 36.4. The Labute approximate surface area is 130 Å². The highest BCUT2D eigenvalue weighted by molar-refractivity contribution is 6.32. The number of halogens is 3. The Hall–Kier alpha value is -2.34. The lowest BCUT2D eigenvalue weighted by atomic mass is 10.1. The molecule has 2 aromatic rings. The van der Waals surface area contributed by atoms with Crippen LogP contribution in [0.5, 0.6) is 11.5 Å². The highest BCUT2D eigenvalue weighted by atomic mass is 35.5. The molecule has 1 amide bonds. The first kappa shape index (κ1) is 16.0. The van der Waals surface area contributed by atoms with E-state index in [2.05, 4.69) is 5.32 Å². The SMILES string of the molecule is COc1cc(C(=O)Nc2cc(F)cc(F)c2)cc(Cl)c1OC. The van der Waals surface area contributed by atoms with Gasteiger partial charge in [-0.3, -0.25) is 4.79 Å². The van der Waals surface area contributed by atoms with E-state index in [0.29, 0.717) is 6.07 Å². The van der Waals surface area contributed by atoms with Crippen molar-refractivity contribution in [2.45, 2.75) is 0 Å². The molecule has 0 saturated heterocycles. The molecule has 0 saturated carbocycles. The second kappa shape index (κ2) is 6.62. The fourth-order valence-electron chi connectivity index (χ4n) is 1.88. The van der Waals surface area contributed by atoms with Crippen LogP contribution in [-0.2, 0) is 0 Å². The number of carbonyl (C=O) groups excluding carboxylic acids is 1. The molecule has 0 unspecified atom stereocenters. The van der Waals surface area contributed by atoms with Crippen molar-refractivity contribution in [1.29, 1.82) is 0 Å². The lowest BCUT2D eigenvalue weighted by Gasteiger charge is -2.12. The molecule has 0 aliphatic heterocycles. The Bertz CT molecular complexity index is 702. The van der Waals surface area contributed by atoms with Crippen LogP contribution in [0, 0.1) is 11.6 Å². The van der Waals surface area contributed by atoms with Crippen LogP contribution in [0.25, 0.3) is 0 Å². The molecule has 0 aliphatic carbocycles. The van der Waals surface area contributed by atoms with Gasteiger partial charge in [0.1, 0.15) is 11.6 Å². The van der Waals surface area contributed by atoms with Crippen molar-refractivity contribution in [2.24, 2.45) is 0 Å². The van der Waals surface area contributed by atoms with E-state index in [-0.39, 0.29) is 27.8 Å². The minimum absolute atomic E-state index is 0.00610. The largest absolute Gasteiger partial charge is 0.493 e. The summed E-state index contributed by atoms with van der Waals surface area (Å²) in [5, 5.41) is 2.56. The molecule has 4 nitrogen and oxygen atoms in total. The van der Waals surface area contributed by atoms with Gasteiger partial charge >= 0.3 is 0 Å². The van der Waals surface area contributed by atoms with Gasteiger partial charge in [-0.1, -0.05) is 11.6 Å². The second-order valence-electron chi connectivity index (χ2n) is 4.31. The molecule has 2 aromatic carbocycles. The fourth-order valence-corrected chi connectivity index (χ4v) is 2.17. The summed E-state index contributed by atoms with van der Waals surface area (Å²) in [6.07, 6.45) is 0. The van der Waals surface area contributed by atoms with Crippen LogP contribution in [0.2, 0.25) is 5.02 Å². The van der Waals surface area contributed by atoms with Crippen molar-refractivity contribution < 1.29 is 23.0 Å². The second-order valence-corrected chi connectivity index (χ2v) is 4.71. The number of benzene rings is 2. The number of ether oxygens (including phenoxy) is 2. The summed E-state index contributed by atoms with van der Waals surface area (Å²) in [6.45, 7) is 0. The quantitative estimate of drug-likeness (QED) is 0.926. The van der Waals surface area contributed by atoms with E-state index < -0.39 is 17.5 Å². The zero-order valence-corrected chi connectivity index (χ0v) is 12.5. The number of hydrogen-bond donors (Lipinski definition) is 1. The summed E-state index contributed by atoms with van der Waals surface area (Å²) >= 11 is 6.01. The summed E-state index contributed by atoms with van der Waals surface area (Å²) in [4.78, 5) is 12.1. The van der Waals surface area contributed by atoms with Gasteiger partial charge in [0, 0.05) is 17.3 Å². The Kier molecular flexibility index (Phi) is 4.82. The maximum absolute atomic E-state index is 13.1. The monoisotopic (exact) mass is 327 g/mol. The van der Waals surface area contributed by atoms with E-state index in [0.717, 1.165) is 12.1 Å². The molecular weight excluding hydrogens is 316 g/mol. The van der Waals surface area contributed by atoms with Crippen molar-refractivity contribution >= 4 is 23.2 Å². The van der Waals surface area contributed by atoms with Gasteiger partial charge in [0.25, 0.3) is 5.91 Å². The van der Waals surface area contributed by atoms with Gasteiger partial charge in [-0.15, -0.1) is 0 Å². The Morgan fingerprint density at radius 3 is 2.23 bits per heavy atom. The van der Waals surface area contributed by atoms with Crippen LogP contribution in [0.15, 0.2) is 30.3 Å². The van der Waals surface area contributed by atoms with E-state index in [1.54, 1.807) is 0 Å². The van der Waals surface area contributed by atoms with Gasteiger partial charge in [0.15, 0.2) is 11.5 Å². The van der Waals surface area contributed by atoms with Gasteiger partial charge in [-0.25, -0.2) is 8.78 Å². The third-order valence-electron chi connectivity index (χ3n) is 2.82. The average molecular weight is 328 g/mol. The third-order valence-corrected chi connectivity index (χ3v) is 3.10. The molecule has 116 valence electrons. The molecule has 0 atom stereocenters. The summed E-state index contributed by atoms with van der Waals surface area (Å²) in [6, 6.07) is 5.50. The number of rotatable bonds is 4. The van der Waals surface area contributed by atoms with Crippen molar-refractivity contribution in [2.75, 3.05) is 19.5 Å². The van der Waals surface area contributed by atoms with Crippen molar-refractivity contribution in [3.8, 4) is 11.5 Å². The molecule has 1 N–H and O–H groups in total. The summed E-state index contributed by atoms with van der Waals surface area (Å²) in [5.74, 6) is -1.61. The number of amides is 1. The molecule has 0 radical (unpaired) electrons. The molecule has 0 heterocycles. The molecule has 0 bridgehead atoms. The van der Waals surface area contributed by atoms with E-state index in [1.807, 2.05) is 0 Å². The molecular formula is C15H12ClF2NO3. The standard InChI is InChI=1S/C15H12ClF2NO3/c1-21-13-4-8(3-12(16)14(13)22-2)15(20)19-11-6-9(17)5-10(18)7-11/h3-7H,1-2H3,(H,19,20). The molecule has 7 heteroatoms. The number of methoxy groups -OCH3 is 2. The predicted octanol–water partition coefficient (Wildman–Crippen LogP) is 3.89. The third kappa shape index (κ3) is 3.46. The van der Waals surface area contributed by atoms with E-state index >= 15 is 0 Å². The fraction of sp³-hybridized carbons (Fsp3) is 0.133. The molecule has 0 aromatic heterocycles. The van der Waals surface area contributed by atoms with Crippen LogP contribution in [0.3, 0.4) is 0 Å². The molecule has 0 spiro atoms. The average Bonchev–Trinajstić information content (AvgIpc) is 2.45. The van der Waals surface area contributed by atoms with Crippen LogP contribution in [0.1, 0.15) is 10.4 Å². The predicted molar refractivity (Wildman–Crippen MR) is 78.9 cm³/mol. The lowest BCUT2D eigenvalue weighted by Crippen LogP contribution is -2.12. The maximum Gasteiger partial charge on any atom is 0.255 e. The highest BCUT2D eigenvalue weighted by Gasteiger charge is 2.15. The summed E-state index contributed by atoms with van der Waals surface area (Å²) in [5.41, 5.74) is 0.153. The van der Waals surface area contributed by atoms with Gasteiger partial charge in [-0.05, 0) is 24.3 Å². The first-order valence-corrected chi connectivity index (χ1v) is 6.51. The van der Waals surface area contributed by atoms with Gasteiger partial charge < -0.3 is 14.8 Å². The number of nitrogens with one attached hydrogen (secondary N) is 1. The van der Waals surface area contributed by atoms with Crippen molar-refractivity contribution in [3.05, 3.63) is 52.6 Å². The van der Waals surface area contributed by atoms with Crippen LogP contribution < -0.4 is 14.8 Å². The van der Waals surface area contributed by atoms with E-state index in [4.69, 9.17) is 21.1 Å². The first-order valence-electron chi connectivity index (χ1n) is 6.13. The lowest BCUT2D eigenvalue weighted by molar-refractivity contribution is 0.102. The van der Waals surface area contributed by atoms with Crippen molar-refractivity contribution in [1.82, 2.24) is 0 Å². The van der Waals surface area contributed by atoms with Crippen LogP contribution >= 0.6 is 11.6 Å². The Morgan fingerprint density at radius 2 is 1.68 bits per heavy atom. The van der Waals surface area contributed by atoms with Gasteiger partial charge in [0.05, 0.1) is 19.2 Å². The van der Waals surface area contributed by atoms with Crippen LogP contribution in [0.4, 0.5) is 14.5 Å². The van der Waals surface area contributed by atoms with Crippen LogP contribution in [-0.4, -0.2) is 20.1 Å². The molecule has 0 aliphatic rings. The van der Waals surface area contributed by atoms with Gasteiger partial charge in [-0.2, -0.15) is 0 Å². The van der Waals surface area contributed by atoms with Crippen molar-refractivity contribution in [3.63, 3.8) is 0 Å². The minimum atomic E-state index is -0.791. The van der Waals surface area contributed by atoms with E-state index in [1.165, 1.54) is 26.4 Å². The summed E-state index contributed by atoms with van der Waals surface area (Å²) in [7, 11) is 2.82. The molecule has 0 fully saturated rings. The Morgan fingerprint density at radius 1 is 1.05 bits per heavy atom.